The van der Waals surface area contributed by atoms with Crippen LogP contribution < -0.4 is 5.43 Å². The molecule has 0 radical (unpaired) electrons. The number of nitrogens with zero attached hydrogens (tertiary/aromatic N) is 2. The van der Waals surface area contributed by atoms with Crippen molar-refractivity contribution in [1.29, 1.82) is 0 Å². The number of esters is 1. The smallest absolute Gasteiger partial charge is 0.311 e. The van der Waals surface area contributed by atoms with Gasteiger partial charge < -0.3 is 9.84 Å². The Morgan fingerprint density at radius 3 is 3.08 bits per heavy atom. The highest BCUT2D eigenvalue weighted by atomic mass is 32.1. The van der Waals surface area contributed by atoms with Gasteiger partial charge in [0, 0.05) is 10.9 Å². The number of ether oxygens (including phenoxy) is 1. The van der Waals surface area contributed by atoms with Crippen LogP contribution in [0.25, 0.3) is 0 Å². The van der Waals surface area contributed by atoms with E-state index in [0.29, 0.717) is 28.9 Å². The minimum absolute atomic E-state index is 0.152. The molecule has 1 aliphatic rings. The van der Waals surface area contributed by atoms with E-state index in [9.17, 15) is 9.90 Å². The molecule has 1 aromatic carbocycles. The van der Waals surface area contributed by atoms with Crippen LogP contribution in [0.3, 0.4) is 0 Å². The maximum atomic E-state index is 11.4. The lowest BCUT2D eigenvalue weighted by molar-refractivity contribution is -0.142. The lowest BCUT2D eigenvalue weighted by Crippen LogP contribution is -2.07. The third-order valence-electron chi connectivity index (χ3n) is 3.65. The van der Waals surface area contributed by atoms with Gasteiger partial charge in [-0.2, -0.15) is 5.10 Å². The number of hydrazone groups is 1. The van der Waals surface area contributed by atoms with E-state index in [0.717, 1.165) is 0 Å². The van der Waals surface area contributed by atoms with Crippen molar-refractivity contribution in [1.82, 2.24) is 4.98 Å². The van der Waals surface area contributed by atoms with Crippen molar-refractivity contribution in [3.8, 4) is 5.75 Å². The number of hydrogen-bond acceptors (Lipinski definition) is 7. The van der Waals surface area contributed by atoms with Crippen LogP contribution >= 0.6 is 11.3 Å². The second-order valence-corrected chi connectivity index (χ2v) is 6.45. The number of carbonyl (C=O) groups is 1. The molecule has 1 fully saturated rings. The monoisotopic (exact) mass is 345 g/mol. The molecule has 2 aromatic rings. The van der Waals surface area contributed by atoms with Gasteiger partial charge in [-0.3, -0.25) is 10.2 Å². The number of phenolic OH excluding ortho intramolecular Hbond substituents is 1. The van der Waals surface area contributed by atoms with Crippen molar-refractivity contribution in [3.05, 3.63) is 40.4 Å². The molecule has 6 nitrogen and oxygen atoms in total. The van der Waals surface area contributed by atoms with Gasteiger partial charge in [0.15, 0.2) is 0 Å². The molecule has 2 N–H and O–H groups in total. The number of hydrogen-bond donors (Lipinski definition) is 2. The molecule has 7 heteroatoms. The molecule has 0 bridgehead atoms. The number of anilines is 1. The summed E-state index contributed by atoms with van der Waals surface area (Å²) in [6.07, 6.45) is 4.11. The Labute approximate surface area is 144 Å². The lowest BCUT2D eigenvalue weighted by atomic mass is 10.1. The highest BCUT2D eigenvalue weighted by molar-refractivity contribution is 7.13. The standard InChI is InChI=1S/C17H19N3O3S/c1-2-23-16(22)8-14-10-24-17(19-14)20-18-9-13-6-5-12(7-15(13)21)11-3-4-11/h5-7,9-11,21H,2-4,8H2,1H3,(H,19,20). The van der Waals surface area contributed by atoms with Crippen molar-refractivity contribution in [2.45, 2.75) is 32.1 Å². The summed E-state index contributed by atoms with van der Waals surface area (Å²) in [6.45, 7) is 2.13. The zero-order chi connectivity index (χ0) is 16.9. The summed E-state index contributed by atoms with van der Waals surface area (Å²) in [5.41, 5.74) is 5.29. The van der Waals surface area contributed by atoms with Crippen molar-refractivity contribution < 1.29 is 14.6 Å². The Kier molecular flexibility index (Phi) is 5.10. The summed E-state index contributed by atoms with van der Waals surface area (Å²) in [7, 11) is 0. The Morgan fingerprint density at radius 1 is 1.54 bits per heavy atom. The number of nitrogens with one attached hydrogen (secondary N) is 1. The largest absolute Gasteiger partial charge is 0.507 e. The number of carbonyl (C=O) groups excluding carboxylic acids is 1. The predicted octanol–water partition coefficient (Wildman–Crippen LogP) is 3.28. The van der Waals surface area contributed by atoms with Gasteiger partial charge in [0.05, 0.1) is 24.9 Å². The molecular formula is C17H19N3O3S. The Balaban J connectivity index is 1.56. The Bertz CT molecular complexity index is 753. The fraction of sp³-hybridized carbons (Fsp3) is 0.353. The van der Waals surface area contributed by atoms with Crippen LogP contribution in [0.2, 0.25) is 0 Å². The first-order valence-electron chi connectivity index (χ1n) is 7.87. The first-order valence-corrected chi connectivity index (χ1v) is 8.75. The zero-order valence-electron chi connectivity index (χ0n) is 13.4. The second kappa shape index (κ2) is 7.44. The maximum absolute atomic E-state index is 11.4. The van der Waals surface area contributed by atoms with E-state index in [2.05, 4.69) is 15.5 Å². The topological polar surface area (TPSA) is 83.8 Å². The van der Waals surface area contributed by atoms with E-state index < -0.39 is 0 Å². The number of rotatable bonds is 7. The molecule has 0 saturated heterocycles. The summed E-state index contributed by atoms with van der Waals surface area (Å²) >= 11 is 1.36. The first kappa shape index (κ1) is 16.4. The lowest BCUT2D eigenvalue weighted by Gasteiger charge is -2.02. The van der Waals surface area contributed by atoms with Gasteiger partial charge in [0.2, 0.25) is 5.13 Å². The van der Waals surface area contributed by atoms with Crippen LogP contribution in [0, 0.1) is 0 Å². The number of aromatic hydroxyl groups is 1. The van der Waals surface area contributed by atoms with Crippen LogP contribution in [-0.4, -0.2) is 28.9 Å². The quantitative estimate of drug-likeness (QED) is 0.457. The van der Waals surface area contributed by atoms with Crippen LogP contribution in [-0.2, 0) is 16.0 Å². The van der Waals surface area contributed by atoms with Crippen LogP contribution in [0.15, 0.2) is 28.7 Å². The summed E-state index contributed by atoms with van der Waals surface area (Å²) in [5, 5.41) is 16.5. The van der Waals surface area contributed by atoms with Gasteiger partial charge in [0.25, 0.3) is 0 Å². The normalized spacial score (nSPS) is 14.0. The average Bonchev–Trinajstić information content (AvgIpc) is 3.31. The van der Waals surface area contributed by atoms with E-state index in [1.165, 1.54) is 29.7 Å². The van der Waals surface area contributed by atoms with Gasteiger partial charge in [-0.25, -0.2) is 4.98 Å². The zero-order valence-corrected chi connectivity index (χ0v) is 14.2. The summed E-state index contributed by atoms with van der Waals surface area (Å²) in [6, 6.07) is 5.70. The molecule has 3 rings (SSSR count). The molecule has 1 heterocycles. The van der Waals surface area contributed by atoms with Crippen LogP contribution in [0.1, 0.15) is 42.5 Å². The molecule has 1 aromatic heterocycles. The minimum atomic E-state index is -0.293. The Morgan fingerprint density at radius 2 is 2.38 bits per heavy atom. The maximum Gasteiger partial charge on any atom is 0.311 e. The summed E-state index contributed by atoms with van der Waals surface area (Å²) in [5.74, 6) is 0.541. The number of phenols is 1. The first-order chi connectivity index (χ1) is 11.7. The Hall–Kier alpha value is -2.41. The third-order valence-corrected chi connectivity index (χ3v) is 4.45. The number of thiazole rings is 1. The molecule has 1 saturated carbocycles. The third kappa shape index (κ3) is 4.32. The van der Waals surface area contributed by atoms with E-state index >= 15 is 0 Å². The second-order valence-electron chi connectivity index (χ2n) is 5.59. The van der Waals surface area contributed by atoms with E-state index in [-0.39, 0.29) is 18.1 Å². The van der Waals surface area contributed by atoms with Gasteiger partial charge in [0.1, 0.15) is 5.75 Å². The van der Waals surface area contributed by atoms with Crippen molar-refractivity contribution in [2.75, 3.05) is 12.0 Å². The van der Waals surface area contributed by atoms with E-state index in [1.807, 2.05) is 12.1 Å². The molecule has 0 spiro atoms. The molecule has 0 unspecified atom stereocenters. The van der Waals surface area contributed by atoms with Crippen LogP contribution in [0.4, 0.5) is 5.13 Å². The average molecular weight is 345 g/mol. The highest BCUT2D eigenvalue weighted by Gasteiger charge is 2.23. The van der Waals surface area contributed by atoms with E-state index in [4.69, 9.17) is 4.74 Å². The SMILES string of the molecule is CCOC(=O)Cc1csc(NN=Cc2ccc(C3CC3)cc2O)n1. The molecule has 0 amide bonds. The number of aromatic nitrogens is 1. The van der Waals surface area contributed by atoms with Gasteiger partial charge in [-0.05, 0) is 43.4 Å². The van der Waals surface area contributed by atoms with Gasteiger partial charge in [-0.1, -0.05) is 6.07 Å². The fourth-order valence-corrected chi connectivity index (χ4v) is 2.96. The predicted molar refractivity (Wildman–Crippen MR) is 93.7 cm³/mol. The summed E-state index contributed by atoms with van der Waals surface area (Å²) < 4.78 is 4.89. The molecule has 126 valence electrons. The minimum Gasteiger partial charge on any atom is -0.507 e. The fourth-order valence-electron chi connectivity index (χ4n) is 2.30. The van der Waals surface area contributed by atoms with E-state index in [1.54, 1.807) is 24.6 Å². The van der Waals surface area contributed by atoms with Crippen molar-refractivity contribution >= 4 is 28.7 Å². The van der Waals surface area contributed by atoms with Gasteiger partial charge >= 0.3 is 5.97 Å². The number of benzene rings is 1. The molecule has 0 aliphatic heterocycles. The van der Waals surface area contributed by atoms with Gasteiger partial charge in [-0.15, -0.1) is 11.3 Å². The van der Waals surface area contributed by atoms with Crippen molar-refractivity contribution in [2.24, 2.45) is 5.10 Å². The molecular weight excluding hydrogens is 326 g/mol. The molecule has 24 heavy (non-hydrogen) atoms. The summed E-state index contributed by atoms with van der Waals surface area (Å²) in [4.78, 5) is 15.7. The highest BCUT2D eigenvalue weighted by Crippen LogP contribution is 2.41. The van der Waals surface area contributed by atoms with Crippen molar-refractivity contribution in [3.63, 3.8) is 0 Å². The molecule has 1 aliphatic carbocycles. The molecule has 0 atom stereocenters. The van der Waals surface area contributed by atoms with Crippen LogP contribution in [0.5, 0.6) is 5.75 Å².